The normalized spacial score (nSPS) is 31.3. The number of nitrogens with zero attached hydrogens (tertiary/aromatic N) is 6. The molecule has 4 N–H and O–H groups in total. The van der Waals surface area contributed by atoms with E-state index in [0.717, 1.165) is 96.6 Å². The number of fused-ring (bicyclic) bond motifs is 3. The van der Waals surface area contributed by atoms with Gasteiger partial charge in [0.25, 0.3) is 5.91 Å². The Labute approximate surface area is 275 Å². The van der Waals surface area contributed by atoms with Crippen molar-refractivity contribution >= 4 is 34.9 Å². The van der Waals surface area contributed by atoms with Gasteiger partial charge in [-0.2, -0.15) is 0 Å². The number of halogens is 2. The average molecular weight is 658 g/mol. The SMILES string of the molecule is Nc1nn2cc(F)cnc2c1C(=O)NC1CNC2(CCCCCCCCC2)C(Cl)C1N1CCC(C(=O)N2CCN3CCC2C3)CC1. The Balaban J connectivity index is 1.11. The number of rotatable bonds is 4. The highest BCUT2D eigenvalue weighted by molar-refractivity contribution is 6.22. The van der Waals surface area contributed by atoms with Crippen LogP contribution in [0, 0.1) is 11.7 Å². The fourth-order valence-electron chi connectivity index (χ4n) is 9.04. The van der Waals surface area contributed by atoms with Crippen LogP contribution in [0.2, 0.25) is 0 Å². The Morgan fingerprint density at radius 3 is 2.46 bits per heavy atom. The molecule has 5 aliphatic rings. The summed E-state index contributed by atoms with van der Waals surface area (Å²) in [5.41, 5.74) is 6.30. The van der Waals surface area contributed by atoms with Crippen LogP contribution in [-0.2, 0) is 4.79 Å². The van der Waals surface area contributed by atoms with Gasteiger partial charge in [0.05, 0.1) is 23.8 Å². The number of hydrogen-bond acceptors (Lipinski definition) is 8. The molecular formula is C33H49ClFN9O2. The van der Waals surface area contributed by atoms with Gasteiger partial charge in [-0.1, -0.05) is 44.9 Å². The Kier molecular flexibility index (Phi) is 9.42. The number of piperidine rings is 2. The number of carbonyl (C=O) groups is 2. The summed E-state index contributed by atoms with van der Waals surface area (Å²) in [6.07, 6.45) is 15.4. The van der Waals surface area contributed by atoms with Crippen LogP contribution < -0.4 is 16.4 Å². The number of carbonyl (C=O) groups excluding carboxylic acids is 2. The highest BCUT2D eigenvalue weighted by atomic mass is 35.5. The standard InChI is InChI=1S/C33H49ClFN9O2/c34-28-27(42-14-8-22(9-15-42)32(46)43-17-16-41-13-10-24(43)21-41)25(19-38-33(28)11-6-4-2-1-3-5-7-12-33)39-31(45)26-29(36)40-44-20-23(35)18-37-30(26)44/h18,20,22,24-25,27-28,38H,1-17,19,21H2,(H2,36,40)(H,39,45). The number of piperazine rings is 1. The summed E-state index contributed by atoms with van der Waals surface area (Å²) in [6, 6.07) is -0.0661. The molecule has 11 nitrogen and oxygen atoms in total. The van der Waals surface area contributed by atoms with Gasteiger partial charge in [0.2, 0.25) is 5.91 Å². The molecule has 4 aliphatic heterocycles. The molecule has 46 heavy (non-hydrogen) atoms. The summed E-state index contributed by atoms with van der Waals surface area (Å²) in [5, 5.41) is 11.0. The van der Waals surface area contributed by atoms with E-state index in [1.165, 1.54) is 36.6 Å². The minimum absolute atomic E-state index is 0.00423. The molecule has 2 amide bonds. The quantitative estimate of drug-likeness (QED) is 0.429. The van der Waals surface area contributed by atoms with Crippen molar-refractivity contribution in [3.8, 4) is 0 Å². The van der Waals surface area contributed by atoms with Crippen molar-refractivity contribution in [3.05, 3.63) is 23.8 Å². The molecule has 5 atom stereocenters. The molecule has 7 rings (SSSR count). The first-order chi connectivity index (χ1) is 22.3. The number of nitrogen functional groups attached to an aromatic ring is 1. The third-order valence-corrected chi connectivity index (χ3v) is 12.3. The molecule has 2 aromatic rings. The molecule has 5 unspecified atom stereocenters. The lowest BCUT2D eigenvalue weighted by atomic mass is 9.74. The first-order valence-electron chi connectivity index (χ1n) is 17.6. The van der Waals surface area contributed by atoms with Gasteiger partial charge in [0.15, 0.2) is 17.3 Å². The van der Waals surface area contributed by atoms with Crippen LogP contribution in [0.1, 0.15) is 87.4 Å². The molecule has 5 fully saturated rings. The maximum atomic E-state index is 13.8. The Hall–Kier alpha value is -2.54. The molecule has 0 radical (unpaired) electrons. The average Bonchev–Trinajstić information content (AvgIpc) is 3.59. The zero-order valence-electron chi connectivity index (χ0n) is 26.8. The molecule has 1 aliphatic carbocycles. The van der Waals surface area contributed by atoms with Crippen LogP contribution in [0.5, 0.6) is 0 Å². The third kappa shape index (κ3) is 6.22. The van der Waals surface area contributed by atoms with Gasteiger partial charge in [-0.05, 0) is 45.2 Å². The second kappa shape index (κ2) is 13.5. The van der Waals surface area contributed by atoms with E-state index in [1.54, 1.807) is 0 Å². The predicted molar refractivity (Wildman–Crippen MR) is 175 cm³/mol. The minimum Gasteiger partial charge on any atom is -0.381 e. The highest BCUT2D eigenvalue weighted by Crippen LogP contribution is 2.39. The first-order valence-corrected chi connectivity index (χ1v) is 18.0. The van der Waals surface area contributed by atoms with Crippen LogP contribution in [0.15, 0.2) is 12.4 Å². The molecule has 1 spiro atoms. The molecule has 252 valence electrons. The summed E-state index contributed by atoms with van der Waals surface area (Å²) in [7, 11) is 0. The minimum atomic E-state index is -0.563. The monoisotopic (exact) mass is 657 g/mol. The Morgan fingerprint density at radius 1 is 1.00 bits per heavy atom. The predicted octanol–water partition coefficient (Wildman–Crippen LogP) is 3.02. The van der Waals surface area contributed by atoms with Crippen LogP contribution in [0.3, 0.4) is 0 Å². The second-order valence-electron chi connectivity index (χ2n) is 14.4. The zero-order chi connectivity index (χ0) is 31.8. The van der Waals surface area contributed by atoms with E-state index in [-0.39, 0.29) is 45.9 Å². The number of nitrogens with one attached hydrogen (secondary N) is 2. The zero-order valence-corrected chi connectivity index (χ0v) is 27.6. The van der Waals surface area contributed by atoms with Crippen LogP contribution in [-0.4, -0.2) is 116 Å². The molecule has 0 aromatic carbocycles. The smallest absolute Gasteiger partial charge is 0.259 e. The van der Waals surface area contributed by atoms with Crippen molar-refractivity contribution in [2.24, 2.45) is 5.92 Å². The van der Waals surface area contributed by atoms with E-state index in [1.807, 2.05) is 0 Å². The van der Waals surface area contributed by atoms with Gasteiger partial charge in [-0.15, -0.1) is 16.7 Å². The van der Waals surface area contributed by atoms with Crippen molar-refractivity contribution in [2.45, 2.75) is 106 Å². The summed E-state index contributed by atoms with van der Waals surface area (Å²) in [4.78, 5) is 38.7. The number of anilines is 1. The van der Waals surface area contributed by atoms with Crippen LogP contribution in [0.25, 0.3) is 5.65 Å². The topological polar surface area (TPSA) is 124 Å². The van der Waals surface area contributed by atoms with E-state index in [2.05, 4.69) is 35.4 Å². The lowest BCUT2D eigenvalue weighted by molar-refractivity contribution is -0.140. The lowest BCUT2D eigenvalue weighted by Crippen LogP contribution is -2.73. The summed E-state index contributed by atoms with van der Waals surface area (Å²) >= 11 is 7.65. The largest absolute Gasteiger partial charge is 0.381 e. The number of hydrogen-bond donors (Lipinski definition) is 3. The molecule has 1 saturated carbocycles. The van der Waals surface area contributed by atoms with Crippen molar-refractivity contribution < 1.29 is 14.0 Å². The summed E-state index contributed by atoms with van der Waals surface area (Å²) in [5.74, 6) is -0.605. The van der Waals surface area contributed by atoms with E-state index in [0.29, 0.717) is 18.5 Å². The highest BCUT2D eigenvalue weighted by Gasteiger charge is 2.51. The van der Waals surface area contributed by atoms with E-state index in [4.69, 9.17) is 17.3 Å². The van der Waals surface area contributed by atoms with Gasteiger partial charge in [0.1, 0.15) is 5.56 Å². The van der Waals surface area contributed by atoms with Gasteiger partial charge in [0, 0.05) is 56.3 Å². The second-order valence-corrected chi connectivity index (χ2v) is 14.8. The van der Waals surface area contributed by atoms with Crippen molar-refractivity contribution in [1.29, 1.82) is 0 Å². The molecular weight excluding hydrogens is 609 g/mol. The van der Waals surface area contributed by atoms with E-state index in [9.17, 15) is 14.0 Å². The van der Waals surface area contributed by atoms with Crippen LogP contribution >= 0.6 is 11.6 Å². The van der Waals surface area contributed by atoms with Gasteiger partial charge in [-0.3, -0.25) is 19.4 Å². The number of nitrogens with two attached hydrogens (primary N) is 1. The van der Waals surface area contributed by atoms with Crippen LogP contribution in [0.4, 0.5) is 10.2 Å². The molecule has 2 aromatic heterocycles. The summed E-state index contributed by atoms with van der Waals surface area (Å²) in [6.45, 7) is 6.03. The number of amides is 2. The number of likely N-dealkylation sites (tertiary alicyclic amines) is 1. The maximum Gasteiger partial charge on any atom is 0.259 e. The van der Waals surface area contributed by atoms with Crippen molar-refractivity contribution in [1.82, 2.24) is 39.9 Å². The van der Waals surface area contributed by atoms with Gasteiger partial charge < -0.3 is 21.3 Å². The van der Waals surface area contributed by atoms with Crippen molar-refractivity contribution in [2.75, 3.05) is 51.5 Å². The maximum absolute atomic E-state index is 13.8. The molecule has 6 heterocycles. The van der Waals surface area contributed by atoms with E-state index >= 15 is 0 Å². The van der Waals surface area contributed by atoms with Gasteiger partial charge >= 0.3 is 0 Å². The van der Waals surface area contributed by atoms with Gasteiger partial charge in [-0.25, -0.2) is 13.9 Å². The fourth-order valence-corrected chi connectivity index (χ4v) is 9.67. The Bertz CT molecular complexity index is 1400. The molecule has 4 saturated heterocycles. The summed E-state index contributed by atoms with van der Waals surface area (Å²) < 4.78 is 15.0. The first kappa shape index (κ1) is 32.0. The fraction of sp³-hybridized carbons (Fsp3) is 0.758. The van der Waals surface area contributed by atoms with E-state index < -0.39 is 11.7 Å². The van der Waals surface area contributed by atoms with Crippen molar-refractivity contribution in [3.63, 3.8) is 0 Å². The number of alkyl halides is 1. The Morgan fingerprint density at radius 2 is 1.72 bits per heavy atom. The lowest BCUT2D eigenvalue weighted by Gasteiger charge is -2.54. The number of aromatic nitrogens is 3. The molecule has 13 heteroatoms. The molecule has 2 bridgehead atoms. The third-order valence-electron chi connectivity index (χ3n) is 11.6.